The standard InChI is InChI=1S/C16H20N4/c1-12(2)17-9-13-10-18-16(19-11-13)20-8-7-14-5-3-4-6-15(14)20/h3-6,10-12,17H,7-9H2,1-2H3. The molecular formula is C16H20N4. The van der Waals surface area contributed by atoms with Gasteiger partial charge in [-0.25, -0.2) is 9.97 Å². The summed E-state index contributed by atoms with van der Waals surface area (Å²) in [6, 6.07) is 8.94. The van der Waals surface area contributed by atoms with E-state index in [0.29, 0.717) is 6.04 Å². The van der Waals surface area contributed by atoms with Crippen molar-refractivity contribution in [3.63, 3.8) is 0 Å². The van der Waals surface area contributed by atoms with E-state index in [1.807, 2.05) is 12.4 Å². The third-order valence-corrected chi connectivity index (χ3v) is 3.53. The molecule has 20 heavy (non-hydrogen) atoms. The first kappa shape index (κ1) is 13.1. The second-order valence-corrected chi connectivity index (χ2v) is 5.46. The Morgan fingerprint density at radius 2 is 1.95 bits per heavy atom. The van der Waals surface area contributed by atoms with Crippen LogP contribution in [0, 0.1) is 0 Å². The molecule has 2 heterocycles. The molecule has 0 saturated heterocycles. The number of hydrogen-bond donors (Lipinski definition) is 1. The van der Waals surface area contributed by atoms with Crippen molar-refractivity contribution in [1.29, 1.82) is 0 Å². The van der Waals surface area contributed by atoms with Crippen LogP contribution in [0.2, 0.25) is 0 Å². The minimum absolute atomic E-state index is 0.472. The molecule has 1 aliphatic heterocycles. The van der Waals surface area contributed by atoms with Gasteiger partial charge in [-0.15, -0.1) is 0 Å². The zero-order valence-corrected chi connectivity index (χ0v) is 12.0. The lowest BCUT2D eigenvalue weighted by atomic mass is 10.2. The van der Waals surface area contributed by atoms with Gasteiger partial charge >= 0.3 is 0 Å². The molecule has 1 N–H and O–H groups in total. The zero-order chi connectivity index (χ0) is 13.9. The molecule has 0 bridgehead atoms. The highest BCUT2D eigenvalue weighted by atomic mass is 15.3. The predicted octanol–water partition coefficient (Wildman–Crippen LogP) is 2.67. The van der Waals surface area contributed by atoms with Gasteiger partial charge in [-0.3, -0.25) is 0 Å². The highest BCUT2D eigenvalue weighted by molar-refractivity contribution is 5.65. The van der Waals surface area contributed by atoms with Crippen molar-refractivity contribution in [2.24, 2.45) is 0 Å². The van der Waals surface area contributed by atoms with E-state index in [-0.39, 0.29) is 0 Å². The van der Waals surface area contributed by atoms with E-state index in [1.165, 1.54) is 11.3 Å². The van der Waals surface area contributed by atoms with Crippen molar-refractivity contribution in [2.75, 3.05) is 11.4 Å². The average molecular weight is 268 g/mol. The molecular weight excluding hydrogens is 248 g/mol. The third-order valence-electron chi connectivity index (χ3n) is 3.53. The highest BCUT2D eigenvalue weighted by Crippen LogP contribution is 2.31. The fourth-order valence-electron chi connectivity index (χ4n) is 2.45. The van der Waals surface area contributed by atoms with Crippen LogP contribution in [-0.4, -0.2) is 22.6 Å². The second kappa shape index (κ2) is 5.59. The molecule has 0 spiro atoms. The molecule has 0 fully saturated rings. The van der Waals surface area contributed by atoms with Crippen LogP contribution in [0.4, 0.5) is 11.6 Å². The fraction of sp³-hybridized carbons (Fsp3) is 0.375. The predicted molar refractivity (Wildman–Crippen MR) is 81.2 cm³/mol. The van der Waals surface area contributed by atoms with Crippen LogP contribution in [0.3, 0.4) is 0 Å². The summed E-state index contributed by atoms with van der Waals surface area (Å²) in [6.07, 6.45) is 4.90. The van der Waals surface area contributed by atoms with E-state index in [4.69, 9.17) is 0 Å². The Labute approximate surface area is 119 Å². The molecule has 0 amide bonds. The number of benzene rings is 1. The van der Waals surface area contributed by atoms with E-state index in [1.54, 1.807) is 0 Å². The van der Waals surface area contributed by atoms with Gasteiger partial charge in [-0.1, -0.05) is 32.0 Å². The van der Waals surface area contributed by atoms with Crippen molar-refractivity contribution in [3.05, 3.63) is 47.8 Å². The summed E-state index contributed by atoms with van der Waals surface area (Å²) < 4.78 is 0. The van der Waals surface area contributed by atoms with Crippen LogP contribution in [-0.2, 0) is 13.0 Å². The zero-order valence-electron chi connectivity index (χ0n) is 12.0. The number of nitrogens with one attached hydrogen (secondary N) is 1. The molecule has 1 aromatic carbocycles. The van der Waals surface area contributed by atoms with Gasteiger partial charge in [0.2, 0.25) is 5.95 Å². The molecule has 4 heteroatoms. The van der Waals surface area contributed by atoms with E-state index < -0.39 is 0 Å². The number of rotatable bonds is 4. The Hall–Kier alpha value is -1.94. The summed E-state index contributed by atoms with van der Waals surface area (Å²) in [5.41, 5.74) is 3.73. The topological polar surface area (TPSA) is 41.1 Å². The van der Waals surface area contributed by atoms with Crippen molar-refractivity contribution in [2.45, 2.75) is 32.9 Å². The van der Waals surface area contributed by atoms with Crippen molar-refractivity contribution in [1.82, 2.24) is 15.3 Å². The molecule has 2 aromatic rings. The van der Waals surface area contributed by atoms with Crippen molar-refractivity contribution >= 4 is 11.6 Å². The maximum absolute atomic E-state index is 4.51. The van der Waals surface area contributed by atoms with Gasteiger partial charge in [0.15, 0.2) is 0 Å². The number of anilines is 2. The number of nitrogens with zero attached hydrogens (tertiary/aromatic N) is 3. The quantitative estimate of drug-likeness (QED) is 0.925. The van der Waals surface area contributed by atoms with E-state index in [9.17, 15) is 0 Å². The fourth-order valence-corrected chi connectivity index (χ4v) is 2.45. The number of aromatic nitrogens is 2. The molecule has 0 aliphatic carbocycles. The SMILES string of the molecule is CC(C)NCc1cnc(N2CCc3ccccc32)nc1. The third kappa shape index (κ3) is 2.65. The maximum Gasteiger partial charge on any atom is 0.229 e. The van der Waals surface area contributed by atoms with E-state index in [2.05, 4.69) is 58.3 Å². The first-order chi connectivity index (χ1) is 9.74. The first-order valence-corrected chi connectivity index (χ1v) is 7.14. The molecule has 3 rings (SSSR count). The molecule has 0 unspecified atom stereocenters. The highest BCUT2D eigenvalue weighted by Gasteiger charge is 2.21. The number of para-hydroxylation sites is 1. The van der Waals surface area contributed by atoms with Gasteiger partial charge < -0.3 is 10.2 Å². The minimum atomic E-state index is 0.472. The Balaban J connectivity index is 1.76. The van der Waals surface area contributed by atoms with Crippen LogP contribution >= 0.6 is 0 Å². The van der Waals surface area contributed by atoms with Crippen LogP contribution in [0.15, 0.2) is 36.7 Å². The van der Waals surface area contributed by atoms with Crippen LogP contribution in [0.25, 0.3) is 0 Å². The van der Waals surface area contributed by atoms with Crippen LogP contribution in [0.1, 0.15) is 25.0 Å². The second-order valence-electron chi connectivity index (χ2n) is 5.46. The molecule has 1 aromatic heterocycles. The Bertz CT molecular complexity index is 577. The largest absolute Gasteiger partial charge is 0.310 e. The lowest BCUT2D eigenvalue weighted by Crippen LogP contribution is -2.22. The summed E-state index contributed by atoms with van der Waals surface area (Å²) in [7, 11) is 0. The molecule has 4 nitrogen and oxygen atoms in total. The molecule has 104 valence electrons. The number of fused-ring (bicyclic) bond motifs is 1. The Morgan fingerprint density at radius 3 is 2.70 bits per heavy atom. The molecule has 0 saturated carbocycles. The number of hydrogen-bond acceptors (Lipinski definition) is 4. The summed E-state index contributed by atoms with van der Waals surface area (Å²) in [5, 5.41) is 3.37. The molecule has 0 radical (unpaired) electrons. The van der Waals surface area contributed by atoms with Gasteiger partial charge in [-0.2, -0.15) is 0 Å². The minimum Gasteiger partial charge on any atom is -0.310 e. The van der Waals surface area contributed by atoms with E-state index >= 15 is 0 Å². The summed E-state index contributed by atoms with van der Waals surface area (Å²) in [5.74, 6) is 0.795. The first-order valence-electron chi connectivity index (χ1n) is 7.14. The maximum atomic E-state index is 4.51. The van der Waals surface area contributed by atoms with Gasteiger partial charge in [0.25, 0.3) is 0 Å². The lowest BCUT2D eigenvalue weighted by Gasteiger charge is -2.17. The normalized spacial score (nSPS) is 13.8. The lowest BCUT2D eigenvalue weighted by molar-refractivity contribution is 0.587. The van der Waals surface area contributed by atoms with Gasteiger partial charge in [0, 0.05) is 42.8 Å². The Morgan fingerprint density at radius 1 is 1.20 bits per heavy atom. The average Bonchev–Trinajstić information content (AvgIpc) is 2.89. The Kier molecular flexibility index (Phi) is 3.65. The summed E-state index contributed by atoms with van der Waals surface area (Å²) >= 11 is 0. The van der Waals surface area contributed by atoms with Crippen LogP contribution < -0.4 is 10.2 Å². The molecule has 0 atom stereocenters. The van der Waals surface area contributed by atoms with Crippen molar-refractivity contribution in [3.8, 4) is 0 Å². The van der Waals surface area contributed by atoms with E-state index in [0.717, 1.165) is 31.0 Å². The smallest absolute Gasteiger partial charge is 0.229 e. The van der Waals surface area contributed by atoms with Crippen molar-refractivity contribution < 1.29 is 0 Å². The van der Waals surface area contributed by atoms with Gasteiger partial charge in [0.05, 0.1) is 0 Å². The molecule has 1 aliphatic rings. The summed E-state index contributed by atoms with van der Waals surface area (Å²) in [4.78, 5) is 11.2. The monoisotopic (exact) mass is 268 g/mol. The van der Waals surface area contributed by atoms with Gasteiger partial charge in [0.1, 0.15) is 0 Å². The summed E-state index contributed by atoms with van der Waals surface area (Å²) in [6.45, 7) is 6.05. The van der Waals surface area contributed by atoms with Crippen LogP contribution in [0.5, 0.6) is 0 Å². The van der Waals surface area contributed by atoms with Gasteiger partial charge in [-0.05, 0) is 18.1 Å².